The number of ether oxygens (including phenoxy) is 2. The number of hydrogen-bond acceptors (Lipinski definition) is 7. The van der Waals surface area contributed by atoms with Gasteiger partial charge in [-0.1, -0.05) is 30.0 Å². The number of carbonyl (C=O) groups is 2. The van der Waals surface area contributed by atoms with Crippen LogP contribution in [0.1, 0.15) is 17.7 Å². The van der Waals surface area contributed by atoms with Gasteiger partial charge in [0.05, 0.1) is 4.91 Å². The number of fused-ring (bicyclic) bond motifs is 1. The number of amides is 2. The topological polar surface area (TPSA) is 67.9 Å². The van der Waals surface area contributed by atoms with Crippen molar-refractivity contribution in [3.63, 3.8) is 0 Å². The molecule has 1 saturated heterocycles. The summed E-state index contributed by atoms with van der Waals surface area (Å²) in [7, 11) is 0. The van der Waals surface area contributed by atoms with Gasteiger partial charge in [0.15, 0.2) is 11.5 Å². The first-order valence-corrected chi connectivity index (χ1v) is 10.7. The first kappa shape index (κ1) is 19.0. The average Bonchev–Trinajstić information content (AvgIpc) is 3.39. The van der Waals surface area contributed by atoms with Crippen LogP contribution in [0.15, 0.2) is 40.6 Å². The van der Waals surface area contributed by atoms with Crippen LogP contribution >= 0.6 is 35.3 Å². The largest absolute Gasteiger partial charge is 0.454 e. The van der Waals surface area contributed by atoms with Crippen LogP contribution in [0.5, 0.6) is 11.5 Å². The maximum atomic E-state index is 12.5. The molecule has 2 aliphatic rings. The van der Waals surface area contributed by atoms with Crippen LogP contribution in [0.25, 0.3) is 6.08 Å². The van der Waals surface area contributed by atoms with Gasteiger partial charge in [-0.15, -0.1) is 11.3 Å². The summed E-state index contributed by atoms with van der Waals surface area (Å²) in [5, 5.41) is 4.80. The molecule has 9 heteroatoms. The Balaban J connectivity index is 1.28. The summed E-state index contributed by atoms with van der Waals surface area (Å²) in [4.78, 5) is 27.9. The number of thioether (sulfide) groups is 1. The number of nitrogens with zero attached hydrogens (tertiary/aromatic N) is 1. The van der Waals surface area contributed by atoms with E-state index in [1.807, 2.05) is 23.6 Å². The molecule has 3 heterocycles. The van der Waals surface area contributed by atoms with E-state index in [1.165, 1.54) is 11.8 Å². The van der Waals surface area contributed by atoms with Crippen molar-refractivity contribution in [2.45, 2.75) is 12.8 Å². The minimum absolute atomic E-state index is 0.0976. The lowest BCUT2D eigenvalue weighted by Gasteiger charge is -2.14. The lowest BCUT2D eigenvalue weighted by Crippen LogP contribution is -2.29. The van der Waals surface area contributed by atoms with E-state index in [-0.39, 0.29) is 25.0 Å². The van der Waals surface area contributed by atoms with E-state index in [9.17, 15) is 9.59 Å². The first-order valence-electron chi connectivity index (χ1n) is 8.58. The molecule has 1 aromatic carbocycles. The highest BCUT2D eigenvalue weighted by Gasteiger charge is 2.31. The highest BCUT2D eigenvalue weighted by molar-refractivity contribution is 8.26. The number of rotatable bonds is 6. The van der Waals surface area contributed by atoms with Crippen molar-refractivity contribution in [3.05, 3.63) is 45.5 Å². The molecule has 1 fully saturated rings. The Kier molecular flexibility index (Phi) is 5.65. The van der Waals surface area contributed by atoms with Gasteiger partial charge in [-0.25, -0.2) is 0 Å². The molecule has 2 aliphatic heterocycles. The molecule has 4 rings (SSSR count). The Morgan fingerprint density at radius 1 is 1.29 bits per heavy atom. The standard InChI is InChI=1S/C19H16N2O4S3/c22-17(20-12-5-6-14-15(9-12)25-11-24-14)4-1-7-21-18(23)16(28-19(21)26)10-13-3-2-8-27-13/h2-3,5-6,8-10H,1,4,7,11H2,(H,20,22)/b16-10+. The molecule has 0 saturated carbocycles. The number of anilines is 1. The lowest BCUT2D eigenvalue weighted by atomic mass is 10.2. The Morgan fingerprint density at radius 3 is 2.96 bits per heavy atom. The smallest absolute Gasteiger partial charge is 0.266 e. The van der Waals surface area contributed by atoms with Crippen LogP contribution in [-0.2, 0) is 9.59 Å². The van der Waals surface area contributed by atoms with Gasteiger partial charge < -0.3 is 14.8 Å². The fraction of sp³-hybridized carbons (Fsp3) is 0.211. The lowest BCUT2D eigenvalue weighted by molar-refractivity contribution is -0.122. The fourth-order valence-electron chi connectivity index (χ4n) is 2.79. The Hall–Kier alpha value is -2.36. The van der Waals surface area contributed by atoms with E-state index in [1.54, 1.807) is 34.4 Å². The normalized spacial score (nSPS) is 16.9. The van der Waals surface area contributed by atoms with Crippen LogP contribution in [0.4, 0.5) is 5.69 Å². The number of nitrogens with one attached hydrogen (secondary N) is 1. The van der Waals surface area contributed by atoms with Crippen LogP contribution in [0, 0.1) is 0 Å². The van der Waals surface area contributed by atoms with E-state index in [0.717, 1.165) is 4.88 Å². The summed E-state index contributed by atoms with van der Waals surface area (Å²) in [6.07, 6.45) is 2.67. The molecule has 0 radical (unpaired) electrons. The third-order valence-electron chi connectivity index (χ3n) is 4.13. The van der Waals surface area contributed by atoms with Crippen molar-refractivity contribution < 1.29 is 19.1 Å². The van der Waals surface area contributed by atoms with Gasteiger partial charge in [-0.05, 0) is 36.1 Å². The maximum Gasteiger partial charge on any atom is 0.266 e. The van der Waals surface area contributed by atoms with E-state index in [4.69, 9.17) is 21.7 Å². The summed E-state index contributed by atoms with van der Waals surface area (Å²) >= 11 is 8.20. The second-order valence-corrected chi connectivity index (χ2v) is 8.72. The molecule has 0 spiro atoms. The van der Waals surface area contributed by atoms with E-state index < -0.39 is 0 Å². The number of benzene rings is 1. The summed E-state index contributed by atoms with van der Waals surface area (Å²) in [6.45, 7) is 0.610. The van der Waals surface area contributed by atoms with Gasteiger partial charge >= 0.3 is 0 Å². The zero-order valence-electron chi connectivity index (χ0n) is 14.7. The van der Waals surface area contributed by atoms with Crippen molar-refractivity contribution in [2.75, 3.05) is 18.7 Å². The molecule has 0 aliphatic carbocycles. The van der Waals surface area contributed by atoms with Crippen LogP contribution < -0.4 is 14.8 Å². The van der Waals surface area contributed by atoms with Crippen molar-refractivity contribution in [3.8, 4) is 11.5 Å². The minimum atomic E-state index is -0.126. The molecule has 0 atom stereocenters. The Bertz CT molecular complexity index is 956. The molecule has 1 aromatic heterocycles. The molecule has 1 N–H and O–H groups in total. The van der Waals surface area contributed by atoms with Crippen molar-refractivity contribution in [2.24, 2.45) is 0 Å². The van der Waals surface area contributed by atoms with Crippen molar-refractivity contribution in [1.29, 1.82) is 0 Å². The monoisotopic (exact) mass is 432 g/mol. The molecule has 2 aromatic rings. The van der Waals surface area contributed by atoms with Gasteiger partial charge in [0.25, 0.3) is 5.91 Å². The highest BCUT2D eigenvalue weighted by atomic mass is 32.2. The van der Waals surface area contributed by atoms with E-state index in [2.05, 4.69) is 5.32 Å². The predicted octanol–water partition coefficient (Wildman–Crippen LogP) is 4.10. The van der Waals surface area contributed by atoms with E-state index in [0.29, 0.717) is 39.4 Å². The fourth-order valence-corrected chi connectivity index (χ4v) is 4.82. The number of thiocarbonyl (C=S) groups is 1. The highest BCUT2D eigenvalue weighted by Crippen LogP contribution is 2.35. The second kappa shape index (κ2) is 8.34. The molecular weight excluding hydrogens is 416 g/mol. The van der Waals surface area contributed by atoms with Gasteiger partial charge in [0.1, 0.15) is 4.32 Å². The minimum Gasteiger partial charge on any atom is -0.454 e. The third-order valence-corrected chi connectivity index (χ3v) is 6.33. The quantitative estimate of drug-likeness (QED) is 0.548. The third kappa shape index (κ3) is 4.21. The van der Waals surface area contributed by atoms with Gasteiger partial charge in [-0.3, -0.25) is 14.5 Å². The van der Waals surface area contributed by atoms with Crippen LogP contribution in [0.2, 0.25) is 0 Å². The van der Waals surface area contributed by atoms with Crippen molar-refractivity contribution >= 4 is 63.2 Å². The summed E-state index contributed by atoms with van der Waals surface area (Å²) in [5.74, 6) is 1.06. The zero-order chi connectivity index (χ0) is 19.5. The maximum absolute atomic E-state index is 12.5. The van der Waals surface area contributed by atoms with Crippen LogP contribution in [0.3, 0.4) is 0 Å². The zero-order valence-corrected chi connectivity index (χ0v) is 17.1. The Labute approximate surface area is 175 Å². The second-order valence-electron chi connectivity index (χ2n) is 6.07. The van der Waals surface area contributed by atoms with Gasteiger partial charge in [0.2, 0.25) is 12.7 Å². The number of carbonyl (C=O) groups excluding carboxylic acids is 2. The van der Waals surface area contributed by atoms with Gasteiger partial charge in [-0.2, -0.15) is 0 Å². The number of hydrogen-bond donors (Lipinski definition) is 1. The number of thiophene rings is 1. The Morgan fingerprint density at radius 2 is 2.14 bits per heavy atom. The molecule has 28 heavy (non-hydrogen) atoms. The predicted molar refractivity (Wildman–Crippen MR) is 115 cm³/mol. The van der Waals surface area contributed by atoms with Crippen LogP contribution in [-0.4, -0.2) is 34.4 Å². The summed E-state index contributed by atoms with van der Waals surface area (Å²) in [5.41, 5.74) is 0.652. The molecule has 0 unspecified atom stereocenters. The molecule has 6 nitrogen and oxygen atoms in total. The summed E-state index contributed by atoms with van der Waals surface area (Å²) < 4.78 is 11.1. The van der Waals surface area contributed by atoms with Crippen molar-refractivity contribution in [1.82, 2.24) is 4.90 Å². The molecule has 144 valence electrons. The SMILES string of the molecule is O=C(CCCN1C(=O)/C(=C\c2cccs2)SC1=S)Nc1ccc2c(c1)OCO2. The molecule has 0 bridgehead atoms. The molecular formula is C19H16N2O4S3. The first-order chi connectivity index (χ1) is 13.6. The molecule has 2 amide bonds. The summed E-state index contributed by atoms with van der Waals surface area (Å²) in [6, 6.07) is 9.16. The van der Waals surface area contributed by atoms with Gasteiger partial charge in [0, 0.05) is 29.6 Å². The van der Waals surface area contributed by atoms with E-state index >= 15 is 0 Å². The average molecular weight is 433 g/mol.